The van der Waals surface area contributed by atoms with Gasteiger partial charge in [-0.2, -0.15) is 0 Å². The number of ether oxygens (including phenoxy) is 2. The van der Waals surface area contributed by atoms with E-state index < -0.39 is 0 Å². The molecule has 0 heterocycles. The first-order valence-electron chi connectivity index (χ1n) is 7.93. The van der Waals surface area contributed by atoms with Crippen molar-refractivity contribution in [2.24, 2.45) is 5.92 Å². The van der Waals surface area contributed by atoms with Crippen molar-refractivity contribution in [1.82, 2.24) is 0 Å². The predicted octanol–water partition coefficient (Wildman–Crippen LogP) is 4.86. The molecule has 0 aliphatic rings. The maximum Gasteiger partial charge on any atom is 0.119 e. The zero-order valence-electron chi connectivity index (χ0n) is 13.4. The van der Waals surface area contributed by atoms with Crippen LogP contribution in [0.15, 0.2) is 24.3 Å². The van der Waals surface area contributed by atoms with Crippen LogP contribution in [0, 0.1) is 5.92 Å². The third-order valence-electron chi connectivity index (χ3n) is 3.43. The lowest BCUT2D eigenvalue weighted by atomic mass is 10.0. The van der Waals surface area contributed by atoms with E-state index in [0.717, 1.165) is 31.3 Å². The Morgan fingerprint density at radius 1 is 0.900 bits per heavy atom. The number of benzene rings is 1. The number of hydrogen-bond donors (Lipinski definition) is 0. The molecule has 2 heteroatoms. The van der Waals surface area contributed by atoms with E-state index in [2.05, 4.69) is 38.1 Å². The van der Waals surface area contributed by atoms with Crippen molar-refractivity contribution >= 4 is 0 Å². The summed E-state index contributed by atoms with van der Waals surface area (Å²) in [5.74, 6) is 1.80. The molecule has 20 heavy (non-hydrogen) atoms. The summed E-state index contributed by atoms with van der Waals surface area (Å²) in [6, 6.07) is 8.54. The van der Waals surface area contributed by atoms with E-state index in [1.165, 1.54) is 37.7 Å². The van der Waals surface area contributed by atoms with Crippen molar-refractivity contribution in [3.63, 3.8) is 0 Å². The van der Waals surface area contributed by atoms with E-state index in [0.29, 0.717) is 0 Å². The van der Waals surface area contributed by atoms with E-state index in [9.17, 15) is 0 Å². The minimum atomic E-state index is 0.725. The summed E-state index contributed by atoms with van der Waals surface area (Å²) >= 11 is 0. The quantitative estimate of drug-likeness (QED) is 0.538. The molecule has 0 saturated heterocycles. The maximum absolute atomic E-state index is 5.65. The number of aryl methyl sites for hydroxylation is 1. The van der Waals surface area contributed by atoms with Crippen molar-refractivity contribution in [3.8, 4) is 5.75 Å². The van der Waals surface area contributed by atoms with Gasteiger partial charge in [-0.05, 0) is 36.5 Å². The Morgan fingerprint density at radius 2 is 1.65 bits per heavy atom. The summed E-state index contributed by atoms with van der Waals surface area (Å²) in [6.45, 7) is 6.08. The van der Waals surface area contributed by atoms with Gasteiger partial charge in [0.2, 0.25) is 0 Å². The van der Waals surface area contributed by atoms with Crippen LogP contribution in [0.2, 0.25) is 0 Å². The SMILES string of the molecule is COCCCOc1ccc(CCCCCC(C)C)cc1. The van der Waals surface area contributed by atoms with Crippen molar-refractivity contribution in [2.45, 2.75) is 52.4 Å². The van der Waals surface area contributed by atoms with Gasteiger partial charge in [-0.25, -0.2) is 0 Å². The molecule has 0 saturated carbocycles. The molecule has 0 aliphatic carbocycles. The molecule has 0 spiro atoms. The molecule has 114 valence electrons. The molecule has 2 nitrogen and oxygen atoms in total. The summed E-state index contributed by atoms with van der Waals surface area (Å²) < 4.78 is 10.7. The summed E-state index contributed by atoms with van der Waals surface area (Å²) in [5, 5.41) is 0. The second-order valence-electron chi connectivity index (χ2n) is 5.83. The molecule has 0 aromatic heterocycles. The Hall–Kier alpha value is -1.02. The van der Waals surface area contributed by atoms with Crippen LogP contribution in [0.3, 0.4) is 0 Å². The van der Waals surface area contributed by atoms with E-state index in [4.69, 9.17) is 9.47 Å². The monoisotopic (exact) mass is 278 g/mol. The lowest BCUT2D eigenvalue weighted by Gasteiger charge is -2.07. The first-order valence-corrected chi connectivity index (χ1v) is 7.93. The Balaban J connectivity index is 2.15. The third kappa shape index (κ3) is 8.21. The van der Waals surface area contributed by atoms with Gasteiger partial charge >= 0.3 is 0 Å². The predicted molar refractivity (Wildman–Crippen MR) is 85.4 cm³/mol. The zero-order chi connectivity index (χ0) is 14.6. The summed E-state index contributed by atoms with van der Waals surface area (Å²) in [6.07, 6.45) is 7.47. The second-order valence-corrected chi connectivity index (χ2v) is 5.83. The van der Waals surface area contributed by atoms with E-state index in [1.807, 2.05) is 0 Å². The number of rotatable bonds is 11. The van der Waals surface area contributed by atoms with Crippen LogP contribution in [-0.2, 0) is 11.2 Å². The fraction of sp³-hybridized carbons (Fsp3) is 0.667. The average molecular weight is 278 g/mol. The van der Waals surface area contributed by atoms with Crippen LogP contribution in [-0.4, -0.2) is 20.3 Å². The third-order valence-corrected chi connectivity index (χ3v) is 3.43. The Morgan fingerprint density at radius 3 is 2.30 bits per heavy atom. The lowest BCUT2D eigenvalue weighted by Crippen LogP contribution is -2.01. The van der Waals surface area contributed by atoms with E-state index in [-0.39, 0.29) is 0 Å². The fourth-order valence-corrected chi connectivity index (χ4v) is 2.20. The molecule has 0 radical (unpaired) electrons. The molecular formula is C18H30O2. The first kappa shape index (κ1) is 17.0. The maximum atomic E-state index is 5.65. The number of hydrogen-bond acceptors (Lipinski definition) is 2. The smallest absolute Gasteiger partial charge is 0.119 e. The molecular weight excluding hydrogens is 248 g/mol. The lowest BCUT2D eigenvalue weighted by molar-refractivity contribution is 0.172. The summed E-state index contributed by atoms with van der Waals surface area (Å²) in [7, 11) is 1.72. The van der Waals surface area contributed by atoms with Gasteiger partial charge in [-0.1, -0.05) is 45.2 Å². The highest BCUT2D eigenvalue weighted by Gasteiger charge is 1.98. The molecule has 0 fully saturated rings. The number of methoxy groups -OCH3 is 1. The molecule has 0 atom stereocenters. The molecule has 0 aliphatic heterocycles. The average Bonchev–Trinajstić information content (AvgIpc) is 2.44. The molecule has 0 unspecified atom stereocenters. The highest BCUT2D eigenvalue weighted by Crippen LogP contribution is 2.15. The molecule has 1 aromatic rings. The van der Waals surface area contributed by atoms with Crippen molar-refractivity contribution < 1.29 is 9.47 Å². The molecule has 1 aromatic carbocycles. The van der Waals surface area contributed by atoms with Gasteiger partial charge in [0, 0.05) is 20.1 Å². The van der Waals surface area contributed by atoms with Crippen LogP contribution >= 0.6 is 0 Å². The highest BCUT2D eigenvalue weighted by atomic mass is 16.5. The van der Waals surface area contributed by atoms with Crippen LogP contribution < -0.4 is 4.74 Å². The standard InChI is InChI=1S/C18H30O2/c1-16(2)8-5-4-6-9-17-10-12-18(13-11-17)20-15-7-14-19-3/h10-13,16H,4-9,14-15H2,1-3H3. The fourth-order valence-electron chi connectivity index (χ4n) is 2.20. The largest absolute Gasteiger partial charge is 0.494 e. The van der Waals surface area contributed by atoms with E-state index in [1.54, 1.807) is 7.11 Å². The van der Waals surface area contributed by atoms with Crippen LogP contribution in [0.4, 0.5) is 0 Å². The van der Waals surface area contributed by atoms with Gasteiger partial charge in [-0.3, -0.25) is 0 Å². The zero-order valence-corrected chi connectivity index (χ0v) is 13.4. The molecule has 0 bridgehead atoms. The Bertz CT molecular complexity index is 330. The number of unbranched alkanes of at least 4 members (excludes halogenated alkanes) is 2. The van der Waals surface area contributed by atoms with Crippen molar-refractivity contribution in [3.05, 3.63) is 29.8 Å². The van der Waals surface area contributed by atoms with Gasteiger partial charge in [0.05, 0.1) is 6.61 Å². The van der Waals surface area contributed by atoms with Gasteiger partial charge in [0.15, 0.2) is 0 Å². The van der Waals surface area contributed by atoms with Gasteiger partial charge in [0.25, 0.3) is 0 Å². The topological polar surface area (TPSA) is 18.5 Å². The van der Waals surface area contributed by atoms with Gasteiger partial charge < -0.3 is 9.47 Å². The van der Waals surface area contributed by atoms with Crippen LogP contribution in [0.5, 0.6) is 5.75 Å². The Kier molecular flexibility index (Phi) is 9.14. The minimum absolute atomic E-state index is 0.725. The molecule has 1 rings (SSSR count). The highest BCUT2D eigenvalue weighted by molar-refractivity contribution is 5.27. The summed E-state index contributed by atoms with van der Waals surface area (Å²) in [5.41, 5.74) is 1.42. The minimum Gasteiger partial charge on any atom is -0.494 e. The van der Waals surface area contributed by atoms with Crippen LogP contribution in [0.1, 0.15) is 51.5 Å². The van der Waals surface area contributed by atoms with Crippen LogP contribution in [0.25, 0.3) is 0 Å². The van der Waals surface area contributed by atoms with Gasteiger partial charge in [-0.15, -0.1) is 0 Å². The molecule has 0 N–H and O–H groups in total. The normalized spacial score (nSPS) is 11.0. The van der Waals surface area contributed by atoms with Gasteiger partial charge in [0.1, 0.15) is 5.75 Å². The van der Waals surface area contributed by atoms with Crippen molar-refractivity contribution in [1.29, 1.82) is 0 Å². The first-order chi connectivity index (χ1) is 9.72. The molecule has 0 amide bonds. The summed E-state index contributed by atoms with van der Waals surface area (Å²) in [4.78, 5) is 0. The van der Waals surface area contributed by atoms with E-state index >= 15 is 0 Å². The van der Waals surface area contributed by atoms with Crippen molar-refractivity contribution in [2.75, 3.05) is 20.3 Å². The Labute approximate surface area is 124 Å². The second kappa shape index (κ2) is 10.7.